The van der Waals surface area contributed by atoms with E-state index in [2.05, 4.69) is 40.3 Å². The van der Waals surface area contributed by atoms with Crippen LogP contribution in [0, 0.1) is 0 Å². The largest absolute Gasteiger partial charge is 0.449 e. The lowest BCUT2D eigenvalue weighted by Crippen LogP contribution is -2.14. The van der Waals surface area contributed by atoms with E-state index < -0.39 is 6.09 Å². The number of anilines is 1. The van der Waals surface area contributed by atoms with E-state index in [4.69, 9.17) is 4.74 Å². The molecule has 0 bridgehead atoms. The molecule has 0 radical (unpaired) electrons. The van der Waals surface area contributed by atoms with E-state index in [-0.39, 0.29) is 0 Å². The Morgan fingerprint density at radius 1 is 1.25 bits per heavy atom. The van der Waals surface area contributed by atoms with Gasteiger partial charge in [-0.05, 0) is 55.1 Å². The summed E-state index contributed by atoms with van der Waals surface area (Å²) in [6.45, 7) is 0.436. The first-order chi connectivity index (χ1) is 9.76. The third-order valence-electron chi connectivity index (χ3n) is 2.57. The van der Waals surface area contributed by atoms with Crippen LogP contribution in [0.3, 0.4) is 0 Å². The second-order valence-corrected chi connectivity index (χ2v) is 4.78. The minimum atomic E-state index is -0.440. The molecule has 0 aromatic heterocycles. The van der Waals surface area contributed by atoms with Gasteiger partial charge in [0.15, 0.2) is 0 Å². The highest BCUT2D eigenvalue weighted by atomic mass is 32.1. The van der Waals surface area contributed by atoms with Gasteiger partial charge >= 0.3 is 6.09 Å². The van der Waals surface area contributed by atoms with Crippen molar-refractivity contribution >= 4 is 47.5 Å². The smallest absolute Gasteiger partial charge is 0.411 e. The summed E-state index contributed by atoms with van der Waals surface area (Å²) in [5.41, 5.74) is 1.36. The maximum Gasteiger partial charge on any atom is 0.411 e. The molecule has 0 aliphatic rings. The summed E-state index contributed by atoms with van der Waals surface area (Å²) in [4.78, 5) is 15.3. The highest BCUT2D eigenvalue weighted by Gasteiger charge is 2.02. The van der Waals surface area contributed by atoms with E-state index in [1.54, 1.807) is 24.3 Å². The van der Waals surface area contributed by atoms with Crippen LogP contribution in [-0.2, 0) is 4.74 Å². The van der Waals surface area contributed by atoms with E-state index in [9.17, 15) is 4.79 Å². The van der Waals surface area contributed by atoms with E-state index in [1.165, 1.54) is 0 Å². The molecule has 0 aliphatic heterocycles. The number of unbranched alkanes of at least 4 members (excludes halogenated alkanes) is 3. The fraction of sp³-hybridized carbons (Fsp3) is 0.429. The number of thiol groups is 1. The number of rotatable bonds is 8. The van der Waals surface area contributed by atoms with Gasteiger partial charge in [-0.15, -0.1) is 0 Å². The first kappa shape index (κ1) is 16.7. The number of benzene rings is 1. The van der Waals surface area contributed by atoms with Crippen LogP contribution in [0.25, 0.3) is 0 Å². The number of nitrogens with one attached hydrogen (secondary N) is 1. The second-order valence-electron chi connectivity index (χ2n) is 4.15. The minimum Gasteiger partial charge on any atom is -0.449 e. The molecule has 0 saturated carbocycles. The van der Waals surface area contributed by atoms with Crippen molar-refractivity contribution in [3.05, 3.63) is 24.3 Å². The first-order valence-electron chi connectivity index (χ1n) is 6.49. The molecule has 1 rings (SSSR count). The summed E-state index contributed by atoms with van der Waals surface area (Å²) in [5, 5.41) is 4.94. The standard InChI is InChI=1S/C14H18N2O2S2/c17-14(18-9-3-1-2-4-10-19)16-13-7-5-12(6-8-13)15-11-20/h5-8,19H,1-4,9-10H2,(H,16,17). The zero-order chi connectivity index (χ0) is 14.6. The zero-order valence-corrected chi connectivity index (χ0v) is 12.9. The Hall–Kier alpha value is -1.36. The average Bonchev–Trinajstić information content (AvgIpc) is 2.45. The fourth-order valence-electron chi connectivity index (χ4n) is 1.56. The van der Waals surface area contributed by atoms with E-state index in [0.29, 0.717) is 18.0 Å². The number of carbonyl (C=O) groups is 1. The van der Waals surface area contributed by atoms with Crippen molar-refractivity contribution in [2.24, 2.45) is 4.99 Å². The van der Waals surface area contributed by atoms with Crippen molar-refractivity contribution in [1.82, 2.24) is 0 Å². The molecule has 0 aliphatic carbocycles. The molecule has 0 spiro atoms. The summed E-state index contributed by atoms with van der Waals surface area (Å²) in [6, 6.07) is 6.96. The highest BCUT2D eigenvalue weighted by Crippen LogP contribution is 2.15. The molecule has 1 N–H and O–H groups in total. The minimum absolute atomic E-state index is 0.436. The van der Waals surface area contributed by atoms with Gasteiger partial charge in [0, 0.05) is 5.69 Å². The number of ether oxygens (including phenoxy) is 1. The highest BCUT2D eigenvalue weighted by molar-refractivity contribution is 7.80. The van der Waals surface area contributed by atoms with Crippen LogP contribution < -0.4 is 5.32 Å². The molecular weight excluding hydrogens is 292 g/mol. The number of nitrogens with zero attached hydrogens (tertiary/aromatic N) is 1. The van der Waals surface area contributed by atoms with Crippen LogP contribution in [0.2, 0.25) is 0 Å². The Morgan fingerprint density at radius 3 is 2.60 bits per heavy atom. The van der Waals surface area contributed by atoms with Gasteiger partial charge in [-0.25, -0.2) is 4.79 Å². The Labute approximate surface area is 130 Å². The van der Waals surface area contributed by atoms with Crippen LogP contribution in [0.15, 0.2) is 29.3 Å². The summed E-state index contributed by atoms with van der Waals surface area (Å²) < 4.78 is 5.08. The van der Waals surface area contributed by atoms with E-state index >= 15 is 0 Å². The predicted molar refractivity (Wildman–Crippen MR) is 88.4 cm³/mol. The number of isothiocyanates is 1. The normalized spacial score (nSPS) is 9.65. The van der Waals surface area contributed by atoms with Crippen molar-refractivity contribution < 1.29 is 9.53 Å². The van der Waals surface area contributed by atoms with Gasteiger partial charge in [-0.1, -0.05) is 12.8 Å². The number of aliphatic imine (C=N–C) groups is 1. The summed E-state index contributed by atoms with van der Waals surface area (Å²) in [7, 11) is 0. The summed E-state index contributed by atoms with van der Waals surface area (Å²) in [6.07, 6.45) is 3.72. The third-order valence-corrected chi connectivity index (χ3v) is 2.98. The van der Waals surface area contributed by atoms with Crippen molar-refractivity contribution in [2.45, 2.75) is 25.7 Å². The molecule has 6 heteroatoms. The Balaban J connectivity index is 2.23. The van der Waals surface area contributed by atoms with Gasteiger partial charge < -0.3 is 4.74 Å². The molecule has 0 atom stereocenters. The molecule has 1 aromatic carbocycles. The molecule has 1 amide bonds. The Morgan fingerprint density at radius 2 is 1.95 bits per heavy atom. The average molecular weight is 310 g/mol. The summed E-state index contributed by atoms with van der Waals surface area (Å²) in [5.74, 6) is 0.907. The number of hydrogen-bond donors (Lipinski definition) is 2. The van der Waals surface area contributed by atoms with Crippen LogP contribution in [0.4, 0.5) is 16.2 Å². The molecular formula is C14H18N2O2S2. The van der Waals surface area contributed by atoms with Crippen LogP contribution in [0.5, 0.6) is 0 Å². The van der Waals surface area contributed by atoms with Crippen molar-refractivity contribution in [3.8, 4) is 0 Å². The first-order valence-corrected chi connectivity index (χ1v) is 7.53. The van der Waals surface area contributed by atoms with Crippen LogP contribution >= 0.6 is 24.8 Å². The number of thiocarbonyl (C=S) groups is 1. The fourth-order valence-corrected chi connectivity index (χ4v) is 1.89. The molecule has 1 aromatic rings. The number of carbonyl (C=O) groups excluding carboxylic acids is 1. The van der Waals surface area contributed by atoms with E-state index in [1.807, 2.05) is 0 Å². The quantitative estimate of drug-likeness (QED) is 0.322. The Bertz CT molecular complexity index is 457. The third kappa shape index (κ3) is 7.28. The molecule has 108 valence electrons. The lowest BCUT2D eigenvalue weighted by Gasteiger charge is -2.07. The van der Waals surface area contributed by atoms with Crippen molar-refractivity contribution in [1.29, 1.82) is 0 Å². The van der Waals surface area contributed by atoms with Gasteiger partial charge in [-0.3, -0.25) is 5.32 Å². The van der Waals surface area contributed by atoms with Crippen molar-refractivity contribution in [3.63, 3.8) is 0 Å². The van der Waals surface area contributed by atoms with Crippen LogP contribution in [-0.4, -0.2) is 23.6 Å². The van der Waals surface area contributed by atoms with Gasteiger partial charge in [0.05, 0.1) is 17.5 Å². The molecule has 0 saturated heterocycles. The molecule has 4 nitrogen and oxygen atoms in total. The molecule has 0 heterocycles. The van der Waals surface area contributed by atoms with Crippen molar-refractivity contribution in [2.75, 3.05) is 17.7 Å². The van der Waals surface area contributed by atoms with Gasteiger partial charge in [-0.2, -0.15) is 17.6 Å². The topological polar surface area (TPSA) is 50.7 Å². The molecule has 20 heavy (non-hydrogen) atoms. The zero-order valence-electron chi connectivity index (χ0n) is 11.2. The Kier molecular flexibility index (Phi) is 8.71. The van der Waals surface area contributed by atoms with Crippen LogP contribution in [0.1, 0.15) is 25.7 Å². The second kappa shape index (κ2) is 10.4. The molecule has 0 unspecified atom stereocenters. The number of amides is 1. The molecule has 0 fully saturated rings. The van der Waals surface area contributed by atoms with Gasteiger partial charge in [0.25, 0.3) is 0 Å². The lowest BCUT2D eigenvalue weighted by atomic mass is 10.2. The number of hydrogen-bond acceptors (Lipinski definition) is 5. The maximum absolute atomic E-state index is 11.5. The van der Waals surface area contributed by atoms with Gasteiger partial charge in [0.1, 0.15) is 0 Å². The van der Waals surface area contributed by atoms with Gasteiger partial charge in [0.2, 0.25) is 0 Å². The predicted octanol–water partition coefficient (Wildman–Crippen LogP) is 4.46. The van der Waals surface area contributed by atoms with E-state index in [0.717, 1.165) is 31.4 Å². The maximum atomic E-state index is 11.5. The SMILES string of the molecule is O=C(Nc1ccc(N=C=S)cc1)OCCCCCCS. The summed E-state index contributed by atoms with van der Waals surface area (Å²) >= 11 is 8.65. The lowest BCUT2D eigenvalue weighted by molar-refractivity contribution is 0.159. The monoisotopic (exact) mass is 310 g/mol.